The third-order valence-electron chi connectivity index (χ3n) is 2.50. The van der Waals surface area contributed by atoms with E-state index < -0.39 is 41.5 Å². The highest BCUT2D eigenvalue weighted by atomic mass is 19.4. The topological polar surface area (TPSA) is 80.4 Å². The van der Waals surface area contributed by atoms with Gasteiger partial charge in [-0.1, -0.05) is 18.2 Å². The second-order valence-electron chi connectivity index (χ2n) is 3.90. The second-order valence-corrected chi connectivity index (χ2v) is 3.90. The molecule has 19 heavy (non-hydrogen) atoms. The zero-order valence-electron chi connectivity index (χ0n) is 9.55. The Kier molecular flexibility index (Phi) is 4.47. The second kappa shape index (κ2) is 5.68. The molecule has 0 fully saturated rings. The number of carboxylic acid groups (broad SMARTS) is 1. The molecular formula is C11H10F3NO4. The summed E-state index contributed by atoms with van der Waals surface area (Å²) in [6, 6.07) is 4.29. The number of carbonyl (C=O) groups is 1. The fraction of sp³-hybridized carbons (Fsp3) is 0.364. The van der Waals surface area contributed by atoms with Gasteiger partial charge in [-0.05, 0) is 11.6 Å². The van der Waals surface area contributed by atoms with E-state index in [9.17, 15) is 28.1 Å². The van der Waals surface area contributed by atoms with Crippen LogP contribution < -0.4 is 0 Å². The van der Waals surface area contributed by atoms with E-state index in [1.807, 2.05) is 0 Å². The monoisotopic (exact) mass is 277 g/mol. The van der Waals surface area contributed by atoms with Gasteiger partial charge in [0.2, 0.25) is 6.54 Å². The Hall–Kier alpha value is -2.12. The molecule has 5 nitrogen and oxygen atoms in total. The molecule has 1 atom stereocenters. The Labute approximate surface area is 105 Å². The molecule has 0 aliphatic heterocycles. The third kappa shape index (κ3) is 4.23. The van der Waals surface area contributed by atoms with E-state index in [4.69, 9.17) is 5.11 Å². The van der Waals surface area contributed by atoms with Gasteiger partial charge in [0, 0.05) is 4.92 Å². The number of nitrogens with zero attached hydrogens (tertiary/aromatic N) is 1. The number of aliphatic carboxylic acids is 1. The number of nitro groups is 1. The van der Waals surface area contributed by atoms with Crippen LogP contribution >= 0.6 is 0 Å². The molecule has 0 spiro atoms. The number of hydrogen-bond acceptors (Lipinski definition) is 3. The van der Waals surface area contributed by atoms with E-state index in [-0.39, 0.29) is 5.56 Å². The molecule has 0 amide bonds. The van der Waals surface area contributed by atoms with Crippen molar-refractivity contribution in [2.24, 2.45) is 0 Å². The summed E-state index contributed by atoms with van der Waals surface area (Å²) in [6.07, 6.45) is -5.40. The molecule has 1 aromatic rings. The average Bonchev–Trinajstić information content (AvgIpc) is 2.25. The van der Waals surface area contributed by atoms with Crippen molar-refractivity contribution >= 4 is 5.97 Å². The quantitative estimate of drug-likeness (QED) is 0.662. The Morgan fingerprint density at radius 1 is 1.37 bits per heavy atom. The third-order valence-corrected chi connectivity index (χ3v) is 2.50. The summed E-state index contributed by atoms with van der Waals surface area (Å²) in [7, 11) is 0. The van der Waals surface area contributed by atoms with Crippen molar-refractivity contribution in [3.63, 3.8) is 0 Å². The molecule has 0 bridgehead atoms. The summed E-state index contributed by atoms with van der Waals surface area (Å²) < 4.78 is 38.3. The lowest BCUT2D eigenvalue weighted by Gasteiger charge is -2.17. The van der Waals surface area contributed by atoms with Crippen LogP contribution in [0.4, 0.5) is 13.2 Å². The first kappa shape index (κ1) is 14.9. The van der Waals surface area contributed by atoms with Crippen molar-refractivity contribution < 1.29 is 28.0 Å². The molecule has 0 aliphatic rings. The molecular weight excluding hydrogens is 267 g/mol. The molecule has 0 saturated heterocycles. The van der Waals surface area contributed by atoms with Gasteiger partial charge in [0.1, 0.15) is 0 Å². The molecule has 0 aliphatic carbocycles. The maximum Gasteiger partial charge on any atom is 0.416 e. The van der Waals surface area contributed by atoms with Crippen molar-refractivity contribution in [2.75, 3.05) is 6.54 Å². The number of halogens is 3. The van der Waals surface area contributed by atoms with Crippen LogP contribution in [0.15, 0.2) is 24.3 Å². The minimum atomic E-state index is -4.68. The zero-order chi connectivity index (χ0) is 14.6. The first-order valence-corrected chi connectivity index (χ1v) is 5.21. The standard InChI is InChI=1S/C11H10F3NO4/c12-11(13,14)9-4-2-1-3-8(9)7(5-10(16)17)6-15(18)19/h1-4,7H,5-6H2,(H,16,17). The van der Waals surface area contributed by atoms with Crippen molar-refractivity contribution in [3.05, 3.63) is 45.5 Å². The molecule has 1 rings (SSSR count). The minimum absolute atomic E-state index is 0.367. The summed E-state index contributed by atoms with van der Waals surface area (Å²) in [5.41, 5.74) is -1.41. The fourth-order valence-electron chi connectivity index (χ4n) is 1.77. The van der Waals surface area contributed by atoms with E-state index in [2.05, 4.69) is 0 Å². The molecule has 1 unspecified atom stereocenters. The highest BCUT2D eigenvalue weighted by Crippen LogP contribution is 2.36. The van der Waals surface area contributed by atoms with Crippen molar-refractivity contribution in [1.82, 2.24) is 0 Å². The van der Waals surface area contributed by atoms with Gasteiger partial charge in [-0.3, -0.25) is 14.9 Å². The highest BCUT2D eigenvalue weighted by Gasteiger charge is 2.36. The fourth-order valence-corrected chi connectivity index (χ4v) is 1.77. The minimum Gasteiger partial charge on any atom is -0.481 e. The van der Waals surface area contributed by atoms with Crippen LogP contribution in [0.3, 0.4) is 0 Å². The van der Waals surface area contributed by atoms with Crippen molar-refractivity contribution in [3.8, 4) is 0 Å². The number of rotatable bonds is 5. The Morgan fingerprint density at radius 2 is 1.95 bits per heavy atom. The highest BCUT2D eigenvalue weighted by molar-refractivity contribution is 5.68. The van der Waals surface area contributed by atoms with Crippen molar-refractivity contribution in [2.45, 2.75) is 18.5 Å². The van der Waals surface area contributed by atoms with Gasteiger partial charge in [-0.15, -0.1) is 0 Å². The van der Waals surface area contributed by atoms with Crippen LogP contribution in [0.5, 0.6) is 0 Å². The Bertz CT molecular complexity index is 471. The zero-order valence-corrected chi connectivity index (χ0v) is 9.55. The lowest BCUT2D eigenvalue weighted by Crippen LogP contribution is -2.20. The van der Waals surface area contributed by atoms with Crippen LogP contribution in [0.25, 0.3) is 0 Å². The first-order valence-electron chi connectivity index (χ1n) is 5.21. The Morgan fingerprint density at radius 3 is 2.42 bits per heavy atom. The molecule has 0 aromatic heterocycles. The SMILES string of the molecule is O=C(O)CC(C[N+](=O)[O-])c1ccccc1C(F)(F)F. The molecule has 8 heteroatoms. The smallest absolute Gasteiger partial charge is 0.416 e. The first-order chi connectivity index (χ1) is 8.71. The van der Waals surface area contributed by atoms with Gasteiger partial charge in [-0.25, -0.2) is 0 Å². The molecule has 0 radical (unpaired) electrons. The largest absolute Gasteiger partial charge is 0.481 e. The van der Waals surface area contributed by atoms with Gasteiger partial charge in [0.05, 0.1) is 17.9 Å². The number of hydrogen-bond donors (Lipinski definition) is 1. The van der Waals surface area contributed by atoms with Gasteiger partial charge in [0.15, 0.2) is 0 Å². The van der Waals surface area contributed by atoms with Gasteiger partial charge in [0.25, 0.3) is 0 Å². The number of alkyl halides is 3. The lowest BCUT2D eigenvalue weighted by molar-refractivity contribution is -0.483. The summed E-state index contributed by atoms with van der Waals surface area (Å²) in [5.74, 6) is -2.70. The van der Waals surface area contributed by atoms with E-state index in [0.29, 0.717) is 0 Å². The van der Waals surface area contributed by atoms with Crippen LogP contribution in [-0.2, 0) is 11.0 Å². The van der Waals surface area contributed by atoms with Crippen LogP contribution in [-0.4, -0.2) is 22.5 Å². The molecule has 104 valence electrons. The Balaban J connectivity index is 3.21. The summed E-state index contributed by atoms with van der Waals surface area (Å²) in [5, 5.41) is 19.1. The van der Waals surface area contributed by atoms with Crippen LogP contribution in [0.1, 0.15) is 23.5 Å². The average molecular weight is 277 g/mol. The molecule has 0 heterocycles. The van der Waals surface area contributed by atoms with Gasteiger partial charge >= 0.3 is 12.1 Å². The molecule has 1 aromatic carbocycles. The predicted molar refractivity (Wildman–Crippen MR) is 58.3 cm³/mol. The van der Waals surface area contributed by atoms with E-state index in [1.54, 1.807) is 0 Å². The van der Waals surface area contributed by atoms with Gasteiger partial charge < -0.3 is 5.11 Å². The van der Waals surface area contributed by atoms with Gasteiger partial charge in [-0.2, -0.15) is 13.2 Å². The lowest BCUT2D eigenvalue weighted by atomic mass is 9.91. The molecule has 1 N–H and O–H groups in total. The van der Waals surface area contributed by atoms with Crippen molar-refractivity contribution in [1.29, 1.82) is 0 Å². The number of benzene rings is 1. The van der Waals surface area contributed by atoms with Crippen LogP contribution in [0, 0.1) is 10.1 Å². The summed E-state index contributed by atoms with van der Waals surface area (Å²) in [4.78, 5) is 20.3. The van der Waals surface area contributed by atoms with E-state index in [1.165, 1.54) is 6.07 Å². The predicted octanol–water partition coefficient (Wildman–Crippen LogP) is 2.54. The van der Waals surface area contributed by atoms with E-state index >= 15 is 0 Å². The number of carboxylic acids is 1. The summed E-state index contributed by atoms with van der Waals surface area (Å²) in [6.45, 7) is -0.862. The van der Waals surface area contributed by atoms with Crippen LogP contribution in [0.2, 0.25) is 0 Å². The normalized spacial score (nSPS) is 13.0. The molecule has 0 saturated carbocycles. The maximum absolute atomic E-state index is 12.8. The van der Waals surface area contributed by atoms with E-state index in [0.717, 1.165) is 18.2 Å². The maximum atomic E-state index is 12.8. The summed E-state index contributed by atoms with van der Waals surface area (Å²) >= 11 is 0.